The first-order valence-corrected chi connectivity index (χ1v) is 14.6. The van der Waals surface area contributed by atoms with Gasteiger partial charge in [0.05, 0.1) is 11.9 Å². The number of hydrogen-bond acceptors (Lipinski definition) is 4. The summed E-state index contributed by atoms with van der Waals surface area (Å²) in [5.41, 5.74) is 3.39. The van der Waals surface area contributed by atoms with Crippen molar-refractivity contribution in [2.75, 3.05) is 17.1 Å². The Labute approximate surface area is 230 Å². The molecule has 0 unspecified atom stereocenters. The summed E-state index contributed by atoms with van der Waals surface area (Å²) >= 11 is 0. The van der Waals surface area contributed by atoms with Gasteiger partial charge in [0.2, 0.25) is 21.8 Å². The highest BCUT2D eigenvalue weighted by atomic mass is 32.2. The second-order valence-electron chi connectivity index (χ2n) is 10.1. The molecule has 1 N–H and O–H groups in total. The highest BCUT2D eigenvalue weighted by Gasteiger charge is 2.33. The predicted octanol–water partition coefficient (Wildman–Crippen LogP) is 4.37. The Morgan fingerprint density at radius 2 is 1.56 bits per heavy atom. The van der Waals surface area contributed by atoms with Crippen LogP contribution in [0.25, 0.3) is 0 Å². The molecule has 3 aromatic carbocycles. The number of amides is 2. The van der Waals surface area contributed by atoms with E-state index in [1.165, 1.54) is 17.0 Å². The molecule has 0 saturated heterocycles. The van der Waals surface area contributed by atoms with Gasteiger partial charge in [-0.2, -0.15) is 0 Å². The van der Waals surface area contributed by atoms with Crippen molar-refractivity contribution in [3.05, 3.63) is 101 Å². The summed E-state index contributed by atoms with van der Waals surface area (Å²) in [5, 5.41) is 2.90. The maximum atomic E-state index is 14.0. The zero-order chi connectivity index (χ0) is 28.7. The first-order valence-electron chi connectivity index (χ1n) is 12.8. The Hall–Kier alpha value is -3.72. The normalized spacial score (nSPS) is 12.2. The van der Waals surface area contributed by atoms with Gasteiger partial charge in [-0.25, -0.2) is 12.8 Å². The van der Waals surface area contributed by atoms with Crippen LogP contribution in [0.5, 0.6) is 0 Å². The second-order valence-corrected chi connectivity index (χ2v) is 12.0. The van der Waals surface area contributed by atoms with Crippen molar-refractivity contribution in [3.63, 3.8) is 0 Å². The molecule has 0 spiro atoms. The molecule has 0 aliphatic rings. The fraction of sp³-hybridized carbons (Fsp3) is 0.333. The van der Waals surface area contributed by atoms with E-state index in [9.17, 15) is 22.4 Å². The summed E-state index contributed by atoms with van der Waals surface area (Å²) in [6.45, 7) is 6.78. The third-order valence-electron chi connectivity index (χ3n) is 6.28. The monoisotopic (exact) mass is 553 g/mol. The van der Waals surface area contributed by atoms with Crippen LogP contribution >= 0.6 is 0 Å². The van der Waals surface area contributed by atoms with Crippen LogP contribution in [0.4, 0.5) is 10.1 Å². The van der Waals surface area contributed by atoms with Gasteiger partial charge in [-0.05, 0) is 68.1 Å². The Balaban J connectivity index is 2.07. The number of carbonyl (C=O) groups is 2. The molecule has 0 saturated carbocycles. The van der Waals surface area contributed by atoms with Gasteiger partial charge >= 0.3 is 0 Å². The Bertz CT molecular complexity index is 1390. The zero-order valence-corrected chi connectivity index (χ0v) is 23.8. The van der Waals surface area contributed by atoms with E-state index < -0.39 is 34.3 Å². The lowest BCUT2D eigenvalue weighted by Crippen LogP contribution is -2.54. The molecule has 0 aliphatic heterocycles. The first-order chi connectivity index (χ1) is 18.3. The number of anilines is 1. The minimum atomic E-state index is -3.85. The minimum Gasteiger partial charge on any atom is -0.352 e. The number of nitrogens with one attached hydrogen (secondary N) is 1. The van der Waals surface area contributed by atoms with Crippen LogP contribution < -0.4 is 9.62 Å². The Kier molecular flexibility index (Phi) is 9.86. The zero-order valence-electron chi connectivity index (χ0n) is 23.0. The molecule has 9 heteroatoms. The fourth-order valence-corrected chi connectivity index (χ4v) is 5.20. The van der Waals surface area contributed by atoms with Crippen molar-refractivity contribution in [2.24, 2.45) is 0 Å². The van der Waals surface area contributed by atoms with E-state index in [1.807, 2.05) is 57.2 Å². The number of carbonyl (C=O) groups excluding carboxylic acids is 2. The van der Waals surface area contributed by atoms with Crippen LogP contribution in [-0.2, 0) is 32.6 Å². The maximum Gasteiger partial charge on any atom is 0.244 e. The summed E-state index contributed by atoms with van der Waals surface area (Å²) in [6.07, 6.45) is 1.27. The van der Waals surface area contributed by atoms with Crippen molar-refractivity contribution < 1.29 is 22.4 Å². The largest absolute Gasteiger partial charge is 0.352 e. The van der Waals surface area contributed by atoms with Crippen molar-refractivity contribution in [1.29, 1.82) is 0 Å². The van der Waals surface area contributed by atoms with Gasteiger partial charge < -0.3 is 10.2 Å². The molecule has 0 bridgehead atoms. The van der Waals surface area contributed by atoms with Gasteiger partial charge in [0.15, 0.2) is 0 Å². The van der Waals surface area contributed by atoms with E-state index in [0.29, 0.717) is 16.8 Å². The van der Waals surface area contributed by atoms with Gasteiger partial charge in [-0.1, -0.05) is 54.6 Å². The predicted molar refractivity (Wildman–Crippen MR) is 152 cm³/mol. The minimum absolute atomic E-state index is 0.00741. The van der Waals surface area contributed by atoms with Crippen molar-refractivity contribution in [2.45, 2.75) is 52.7 Å². The molecule has 2 amide bonds. The average Bonchev–Trinajstić information content (AvgIpc) is 2.86. The second kappa shape index (κ2) is 12.9. The van der Waals surface area contributed by atoms with Crippen molar-refractivity contribution in [3.8, 4) is 0 Å². The van der Waals surface area contributed by atoms with Gasteiger partial charge in [0.1, 0.15) is 18.4 Å². The quantitative estimate of drug-likeness (QED) is 0.382. The smallest absolute Gasteiger partial charge is 0.244 e. The van der Waals surface area contributed by atoms with Gasteiger partial charge in [0.25, 0.3) is 0 Å². The highest BCUT2D eigenvalue weighted by molar-refractivity contribution is 7.92. The van der Waals surface area contributed by atoms with E-state index in [-0.39, 0.29) is 24.9 Å². The van der Waals surface area contributed by atoms with E-state index in [2.05, 4.69) is 5.32 Å². The Morgan fingerprint density at radius 1 is 0.923 bits per heavy atom. The molecule has 0 radical (unpaired) electrons. The molecule has 3 aromatic rings. The van der Waals surface area contributed by atoms with Gasteiger partial charge in [0, 0.05) is 19.0 Å². The van der Waals surface area contributed by atoms with Crippen LogP contribution in [0.15, 0.2) is 72.8 Å². The van der Waals surface area contributed by atoms with Gasteiger partial charge in [-0.15, -0.1) is 0 Å². The van der Waals surface area contributed by atoms with E-state index in [4.69, 9.17) is 0 Å². The summed E-state index contributed by atoms with van der Waals surface area (Å²) in [4.78, 5) is 28.9. The van der Waals surface area contributed by atoms with Crippen LogP contribution in [0, 0.1) is 19.7 Å². The summed E-state index contributed by atoms with van der Waals surface area (Å²) in [5.74, 6) is -1.33. The van der Waals surface area contributed by atoms with Gasteiger partial charge in [-0.3, -0.25) is 13.9 Å². The summed E-state index contributed by atoms with van der Waals surface area (Å²) in [6, 6.07) is 19.3. The van der Waals surface area contributed by atoms with Crippen LogP contribution in [0.1, 0.15) is 36.1 Å². The standard InChI is InChI=1S/C30H36FN3O4S/c1-21(2)32-30(36)28(18-24-9-7-6-8-10-24)33(19-25-13-15-26(31)16-14-25)29(35)20-34(39(5,37)38)27-17-22(3)11-12-23(27)4/h6-17,21,28H,18-20H2,1-5H3,(H,32,36)/t28-/m1/s1. The fourth-order valence-electron chi connectivity index (χ4n) is 4.30. The third kappa shape index (κ3) is 8.38. The number of sulfonamides is 1. The molecule has 0 fully saturated rings. The summed E-state index contributed by atoms with van der Waals surface area (Å²) in [7, 11) is -3.85. The van der Waals surface area contributed by atoms with E-state index >= 15 is 0 Å². The van der Waals surface area contributed by atoms with E-state index in [1.54, 1.807) is 31.2 Å². The lowest BCUT2D eigenvalue weighted by molar-refractivity contribution is -0.140. The lowest BCUT2D eigenvalue weighted by atomic mass is 10.0. The van der Waals surface area contributed by atoms with Crippen molar-refractivity contribution >= 4 is 27.5 Å². The van der Waals surface area contributed by atoms with E-state index in [0.717, 1.165) is 21.7 Å². The molecule has 0 aliphatic carbocycles. The highest BCUT2D eigenvalue weighted by Crippen LogP contribution is 2.25. The molecule has 7 nitrogen and oxygen atoms in total. The molecule has 208 valence electrons. The lowest BCUT2D eigenvalue weighted by Gasteiger charge is -2.34. The molecular formula is C30H36FN3O4S. The van der Waals surface area contributed by atoms with Crippen molar-refractivity contribution in [1.82, 2.24) is 10.2 Å². The molecule has 0 aromatic heterocycles. The molecule has 39 heavy (non-hydrogen) atoms. The number of rotatable bonds is 11. The SMILES string of the molecule is Cc1ccc(C)c(N(CC(=O)N(Cc2ccc(F)cc2)[C@H](Cc2ccccc2)C(=O)NC(C)C)S(C)(=O)=O)c1. The molecule has 0 heterocycles. The molecule has 3 rings (SSSR count). The van der Waals surface area contributed by atoms with Crippen LogP contribution in [-0.4, -0.2) is 50.0 Å². The van der Waals surface area contributed by atoms with Crippen LogP contribution in [0.3, 0.4) is 0 Å². The number of aryl methyl sites for hydroxylation is 2. The topological polar surface area (TPSA) is 86.8 Å². The number of benzene rings is 3. The first kappa shape index (κ1) is 29.8. The molecular weight excluding hydrogens is 517 g/mol. The maximum absolute atomic E-state index is 14.0. The molecule has 1 atom stereocenters. The average molecular weight is 554 g/mol. The third-order valence-corrected chi connectivity index (χ3v) is 7.41. The number of halogens is 1. The number of nitrogens with zero attached hydrogens (tertiary/aromatic N) is 2. The van der Waals surface area contributed by atoms with Crippen LogP contribution in [0.2, 0.25) is 0 Å². The summed E-state index contributed by atoms with van der Waals surface area (Å²) < 4.78 is 40.6. The Morgan fingerprint density at radius 3 is 2.15 bits per heavy atom. The number of hydrogen-bond donors (Lipinski definition) is 1.